The minimum atomic E-state index is -1.29. The first-order chi connectivity index (χ1) is 6.77. The molecule has 2 rings (SSSR count). The lowest BCUT2D eigenvalue weighted by Crippen LogP contribution is -1.95. The first kappa shape index (κ1) is 9.43. The van der Waals surface area contributed by atoms with Crippen LogP contribution in [-0.4, -0.2) is 14.7 Å². The van der Waals surface area contributed by atoms with E-state index in [9.17, 15) is 4.21 Å². The van der Waals surface area contributed by atoms with Gasteiger partial charge < -0.3 is 4.99 Å². The molecule has 1 heterocycles. The lowest BCUT2D eigenvalue weighted by Gasteiger charge is -2.00. The zero-order valence-corrected chi connectivity index (χ0v) is 8.77. The number of benzene rings is 1. The lowest BCUT2D eigenvalue weighted by molar-refractivity contribution is 0.694. The van der Waals surface area contributed by atoms with E-state index in [1.54, 1.807) is 6.08 Å². The molecule has 0 fully saturated rings. The molecule has 14 heavy (non-hydrogen) atoms. The standard InChI is InChI=1S/C10H6NOS2/c12-14-9(7-11-10(14)13)6-8-4-2-1-3-5-8/h1-6H/q-1. The second-order valence-corrected chi connectivity index (χ2v) is 4.69. The topological polar surface area (TPSA) is 29.4 Å². The van der Waals surface area contributed by atoms with Crippen molar-refractivity contribution in [3.63, 3.8) is 0 Å². The quantitative estimate of drug-likeness (QED) is 0.535. The van der Waals surface area contributed by atoms with E-state index in [0.29, 0.717) is 4.91 Å². The molecule has 0 amide bonds. The van der Waals surface area contributed by atoms with Crippen molar-refractivity contribution in [3.05, 3.63) is 40.8 Å². The van der Waals surface area contributed by atoms with Crippen molar-refractivity contribution in [2.45, 2.75) is 0 Å². The van der Waals surface area contributed by atoms with E-state index in [-0.39, 0.29) is 4.32 Å². The average molecular weight is 220 g/mol. The summed E-state index contributed by atoms with van der Waals surface area (Å²) in [7, 11) is -1.29. The van der Waals surface area contributed by atoms with Crippen LogP contribution in [0.3, 0.4) is 0 Å². The summed E-state index contributed by atoms with van der Waals surface area (Å²) in [4.78, 5) is 4.25. The van der Waals surface area contributed by atoms with Crippen LogP contribution in [0.5, 0.6) is 0 Å². The molecule has 0 aliphatic carbocycles. The summed E-state index contributed by atoms with van der Waals surface area (Å²) in [5.41, 5.74) is 0.975. The molecular weight excluding hydrogens is 214 g/mol. The molecule has 1 aromatic carbocycles. The molecule has 0 aromatic heterocycles. The monoisotopic (exact) mass is 220 g/mol. The Hall–Kier alpha value is -1.13. The van der Waals surface area contributed by atoms with Crippen LogP contribution in [0.1, 0.15) is 5.56 Å². The Bertz CT molecular complexity index is 448. The molecule has 0 bridgehead atoms. The van der Waals surface area contributed by atoms with Gasteiger partial charge in [-0.3, -0.25) is 4.21 Å². The van der Waals surface area contributed by atoms with Crippen molar-refractivity contribution >= 4 is 39.6 Å². The predicted octanol–water partition coefficient (Wildman–Crippen LogP) is 2.02. The minimum Gasteiger partial charge on any atom is -0.366 e. The minimum absolute atomic E-state index is 0.201. The Balaban J connectivity index is 2.34. The van der Waals surface area contributed by atoms with Crippen LogP contribution in [-0.2, 0) is 10.8 Å². The number of hydrogen-bond acceptors (Lipinski definition) is 2. The molecular formula is C10H6NOS2-. The fraction of sp³-hybridized carbons (Fsp3) is 0. The van der Waals surface area contributed by atoms with Gasteiger partial charge in [-0.15, -0.1) is 18.3 Å². The smallest absolute Gasteiger partial charge is 0.0921 e. The maximum atomic E-state index is 11.5. The fourth-order valence-electron chi connectivity index (χ4n) is 1.06. The number of allylic oxidation sites excluding steroid dienone is 1. The highest BCUT2D eigenvalue weighted by atomic mass is 32.2. The molecule has 1 unspecified atom stereocenters. The Kier molecular flexibility index (Phi) is 2.65. The van der Waals surface area contributed by atoms with Crippen molar-refractivity contribution in [3.8, 4) is 0 Å². The van der Waals surface area contributed by atoms with Crippen molar-refractivity contribution in [2.24, 2.45) is 4.99 Å². The number of nitrogens with zero attached hydrogens (tertiary/aromatic N) is 1. The van der Waals surface area contributed by atoms with Gasteiger partial charge in [-0.05, 0) is 0 Å². The summed E-state index contributed by atoms with van der Waals surface area (Å²) in [6.07, 6.45) is 4.43. The number of rotatable bonds is 1. The number of aliphatic imine (C=N–C) groups is 1. The van der Waals surface area contributed by atoms with Gasteiger partial charge in [-0.1, -0.05) is 47.0 Å². The van der Waals surface area contributed by atoms with Crippen LogP contribution in [0.4, 0.5) is 0 Å². The van der Waals surface area contributed by atoms with E-state index >= 15 is 0 Å². The van der Waals surface area contributed by atoms with E-state index in [1.807, 2.05) is 30.3 Å². The molecule has 1 atom stereocenters. The highest BCUT2D eigenvalue weighted by Crippen LogP contribution is 2.14. The van der Waals surface area contributed by atoms with E-state index in [0.717, 1.165) is 5.56 Å². The van der Waals surface area contributed by atoms with Gasteiger partial charge in [0.25, 0.3) is 0 Å². The maximum absolute atomic E-state index is 11.5. The van der Waals surface area contributed by atoms with Crippen LogP contribution in [0.2, 0.25) is 0 Å². The molecule has 0 saturated heterocycles. The van der Waals surface area contributed by atoms with Crippen molar-refractivity contribution in [1.82, 2.24) is 0 Å². The van der Waals surface area contributed by atoms with Gasteiger partial charge in [-0.25, -0.2) is 0 Å². The van der Waals surface area contributed by atoms with Gasteiger partial charge in [0.2, 0.25) is 0 Å². The summed E-state index contributed by atoms with van der Waals surface area (Å²) < 4.78 is 11.7. The fourth-order valence-corrected chi connectivity index (χ4v) is 2.07. The van der Waals surface area contributed by atoms with Crippen molar-refractivity contribution in [1.29, 1.82) is 0 Å². The van der Waals surface area contributed by atoms with Gasteiger partial charge in [0.15, 0.2) is 0 Å². The summed E-state index contributed by atoms with van der Waals surface area (Å²) in [6, 6.07) is 9.61. The van der Waals surface area contributed by atoms with E-state index < -0.39 is 10.8 Å². The molecule has 0 saturated carbocycles. The molecule has 1 aliphatic rings. The SMILES string of the molecule is O=S1C(=S)N=[C-]C1=Cc1ccccc1. The van der Waals surface area contributed by atoms with E-state index in [1.165, 1.54) is 0 Å². The van der Waals surface area contributed by atoms with E-state index in [4.69, 9.17) is 12.2 Å². The Morgan fingerprint density at radius 1 is 1.36 bits per heavy atom. The summed E-state index contributed by atoms with van der Waals surface area (Å²) in [5.74, 6) is 0. The number of thiocarbonyl (C=S) groups is 1. The molecule has 0 spiro atoms. The average Bonchev–Trinajstić information content (AvgIpc) is 2.52. The number of hydrogen-bond donors (Lipinski definition) is 0. The maximum Gasteiger partial charge on any atom is 0.0921 e. The first-order valence-electron chi connectivity index (χ1n) is 3.96. The van der Waals surface area contributed by atoms with Gasteiger partial charge in [0.05, 0.1) is 4.32 Å². The third-order valence-electron chi connectivity index (χ3n) is 1.71. The Labute approximate surface area is 89.8 Å². The summed E-state index contributed by atoms with van der Waals surface area (Å²) in [6.45, 7) is 0. The van der Waals surface area contributed by atoms with Crippen LogP contribution < -0.4 is 0 Å². The molecule has 70 valence electrons. The first-order valence-corrected chi connectivity index (χ1v) is 5.52. The normalized spacial score (nSPS) is 23.3. The lowest BCUT2D eigenvalue weighted by atomic mass is 10.2. The highest BCUT2D eigenvalue weighted by Gasteiger charge is 2.06. The summed E-state index contributed by atoms with van der Waals surface area (Å²) >= 11 is 4.76. The zero-order chi connectivity index (χ0) is 9.97. The second-order valence-electron chi connectivity index (χ2n) is 2.68. The van der Waals surface area contributed by atoms with Gasteiger partial charge in [-0.2, -0.15) is 0 Å². The van der Waals surface area contributed by atoms with Gasteiger partial charge in [0.1, 0.15) is 0 Å². The Morgan fingerprint density at radius 3 is 2.64 bits per heavy atom. The van der Waals surface area contributed by atoms with Crippen LogP contribution in [0.25, 0.3) is 6.08 Å². The molecule has 1 aromatic rings. The largest absolute Gasteiger partial charge is 0.366 e. The third-order valence-corrected chi connectivity index (χ3v) is 3.28. The van der Waals surface area contributed by atoms with Gasteiger partial charge >= 0.3 is 0 Å². The molecule has 0 radical (unpaired) electrons. The van der Waals surface area contributed by atoms with Gasteiger partial charge in [0, 0.05) is 10.8 Å². The molecule has 1 aliphatic heterocycles. The predicted molar refractivity (Wildman–Crippen MR) is 62.6 cm³/mol. The van der Waals surface area contributed by atoms with Crippen LogP contribution in [0.15, 0.2) is 40.2 Å². The van der Waals surface area contributed by atoms with Crippen LogP contribution >= 0.6 is 12.2 Å². The molecule has 2 nitrogen and oxygen atoms in total. The summed E-state index contributed by atoms with van der Waals surface area (Å²) in [5, 5.41) is 0. The molecule has 0 N–H and O–H groups in total. The van der Waals surface area contributed by atoms with Crippen molar-refractivity contribution in [2.75, 3.05) is 0 Å². The second kappa shape index (κ2) is 3.94. The zero-order valence-electron chi connectivity index (χ0n) is 7.14. The van der Waals surface area contributed by atoms with Crippen LogP contribution in [0, 0.1) is 0 Å². The van der Waals surface area contributed by atoms with E-state index in [2.05, 4.69) is 11.2 Å². The Morgan fingerprint density at radius 2 is 2.07 bits per heavy atom. The third kappa shape index (κ3) is 1.86. The highest BCUT2D eigenvalue weighted by molar-refractivity contribution is 8.16. The molecule has 4 heteroatoms. The van der Waals surface area contributed by atoms with Crippen molar-refractivity contribution < 1.29 is 4.21 Å².